The van der Waals surface area contributed by atoms with E-state index in [1.54, 1.807) is 24.3 Å². The lowest BCUT2D eigenvalue weighted by Gasteiger charge is -2.02. The van der Waals surface area contributed by atoms with E-state index >= 15 is 0 Å². The number of imide groups is 1. The smallest absolute Gasteiger partial charge is 0.318 e. The third-order valence-corrected chi connectivity index (χ3v) is 1.94. The number of benzene rings is 1. The Bertz CT molecular complexity index is 366. The number of primary amides is 1. The minimum absolute atomic E-state index is 0.0443. The van der Waals surface area contributed by atoms with Crippen molar-refractivity contribution in [2.45, 2.75) is 6.42 Å². The first-order chi connectivity index (χ1) is 6.59. The lowest BCUT2D eigenvalue weighted by molar-refractivity contribution is -0.119. The van der Waals surface area contributed by atoms with Gasteiger partial charge in [0.15, 0.2) is 0 Å². The first kappa shape index (κ1) is 10.5. The summed E-state index contributed by atoms with van der Waals surface area (Å²) in [6.07, 6.45) is 0.0443. The van der Waals surface area contributed by atoms with Gasteiger partial charge in [-0.25, -0.2) is 4.79 Å². The molecule has 0 saturated carbocycles. The number of nitrogens with one attached hydrogen (secondary N) is 1. The molecule has 1 aromatic rings. The number of hydrogen-bond donors (Lipinski definition) is 2. The monoisotopic (exact) mass is 212 g/mol. The summed E-state index contributed by atoms with van der Waals surface area (Å²) in [6, 6.07) is 6.05. The molecule has 0 saturated heterocycles. The SMILES string of the molecule is NC(=O)NC(=O)Cc1ccccc1Cl. The van der Waals surface area contributed by atoms with Crippen LogP contribution in [0.1, 0.15) is 5.56 Å². The van der Waals surface area contributed by atoms with Crippen LogP contribution in [0, 0.1) is 0 Å². The predicted octanol–water partition coefficient (Wildman–Crippen LogP) is 1.08. The van der Waals surface area contributed by atoms with Crippen molar-refractivity contribution in [1.29, 1.82) is 0 Å². The summed E-state index contributed by atoms with van der Waals surface area (Å²) < 4.78 is 0. The van der Waals surface area contributed by atoms with Crippen LogP contribution in [0.3, 0.4) is 0 Å². The quantitative estimate of drug-likeness (QED) is 0.770. The van der Waals surface area contributed by atoms with Gasteiger partial charge < -0.3 is 5.73 Å². The van der Waals surface area contributed by atoms with Crippen molar-refractivity contribution < 1.29 is 9.59 Å². The molecule has 5 heteroatoms. The summed E-state index contributed by atoms with van der Waals surface area (Å²) in [5.74, 6) is -0.467. The molecule has 0 unspecified atom stereocenters. The van der Waals surface area contributed by atoms with Crippen molar-refractivity contribution >= 4 is 23.5 Å². The van der Waals surface area contributed by atoms with Gasteiger partial charge in [0.05, 0.1) is 6.42 Å². The Morgan fingerprint density at radius 1 is 1.36 bits per heavy atom. The first-order valence-electron chi connectivity index (χ1n) is 3.92. The van der Waals surface area contributed by atoms with Crippen LogP contribution in [0.2, 0.25) is 5.02 Å². The van der Waals surface area contributed by atoms with Gasteiger partial charge in [0.1, 0.15) is 0 Å². The van der Waals surface area contributed by atoms with Gasteiger partial charge in [-0.2, -0.15) is 0 Å². The molecule has 0 aliphatic heterocycles. The Hall–Kier alpha value is -1.55. The zero-order chi connectivity index (χ0) is 10.6. The molecular formula is C9H9ClN2O2. The van der Waals surface area contributed by atoms with Crippen LogP contribution < -0.4 is 11.1 Å². The average molecular weight is 213 g/mol. The summed E-state index contributed by atoms with van der Waals surface area (Å²) in [5, 5.41) is 2.45. The summed E-state index contributed by atoms with van der Waals surface area (Å²) in [7, 11) is 0. The van der Waals surface area contributed by atoms with E-state index in [-0.39, 0.29) is 6.42 Å². The van der Waals surface area contributed by atoms with Crippen LogP contribution in [0.15, 0.2) is 24.3 Å². The molecule has 1 aromatic carbocycles. The first-order valence-corrected chi connectivity index (χ1v) is 4.30. The number of rotatable bonds is 2. The molecule has 1 rings (SSSR count). The minimum atomic E-state index is -0.859. The highest BCUT2D eigenvalue weighted by molar-refractivity contribution is 6.31. The van der Waals surface area contributed by atoms with Crippen LogP contribution in [0.4, 0.5) is 4.79 Å². The fraction of sp³-hybridized carbons (Fsp3) is 0.111. The molecule has 3 N–H and O–H groups in total. The second-order valence-electron chi connectivity index (χ2n) is 2.68. The van der Waals surface area contributed by atoms with Crippen LogP contribution in [-0.4, -0.2) is 11.9 Å². The Balaban J connectivity index is 2.65. The number of halogens is 1. The van der Waals surface area contributed by atoms with Crippen molar-refractivity contribution in [3.8, 4) is 0 Å². The molecule has 0 aliphatic rings. The molecule has 0 heterocycles. The molecule has 0 radical (unpaired) electrons. The van der Waals surface area contributed by atoms with Crippen molar-refractivity contribution in [2.24, 2.45) is 5.73 Å². The van der Waals surface area contributed by atoms with Crippen molar-refractivity contribution in [2.75, 3.05) is 0 Å². The Morgan fingerprint density at radius 3 is 2.57 bits per heavy atom. The second-order valence-corrected chi connectivity index (χ2v) is 3.09. The van der Waals surface area contributed by atoms with Gasteiger partial charge in [-0.05, 0) is 11.6 Å². The molecule has 0 bridgehead atoms. The van der Waals surface area contributed by atoms with Gasteiger partial charge in [0.25, 0.3) is 0 Å². The summed E-state index contributed by atoms with van der Waals surface area (Å²) in [5.41, 5.74) is 5.44. The summed E-state index contributed by atoms with van der Waals surface area (Å²) >= 11 is 5.81. The van der Waals surface area contributed by atoms with E-state index in [9.17, 15) is 9.59 Å². The van der Waals surface area contributed by atoms with Gasteiger partial charge >= 0.3 is 6.03 Å². The van der Waals surface area contributed by atoms with Crippen LogP contribution in [0.25, 0.3) is 0 Å². The molecular weight excluding hydrogens is 204 g/mol. The van der Waals surface area contributed by atoms with E-state index in [2.05, 4.69) is 0 Å². The van der Waals surface area contributed by atoms with Crippen LogP contribution in [-0.2, 0) is 11.2 Å². The molecule has 3 amide bonds. The topological polar surface area (TPSA) is 72.2 Å². The van der Waals surface area contributed by atoms with E-state index in [1.807, 2.05) is 5.32 Å². The molecule has 0 spiro atoms. The van der Waals surface area contributed by atoms with Gasteiger partial charge in [0, 0.05) is 5.02 Å². The normalized spacial score (nSPS) is 9.50. The molecule has 74 valence electrons. The highest BCUT2D eigenvalue weighted by atomic mass is 35.5. The number of carbonyl (C=O) groups excluding carboxylic acids is 2. The van der Waals surface area contributed by atoms with Gasteiger partial charge in [-0.3, -0.25) is 10.1 Å². The highest BCUT2D eigenvalue weighted by Crippen LogP contribution is 2.14. The maximum atomic E-state index is 11.1. The van der Waals surface area contributed by atoms with Crippen molar-refractivity contribution in [3.05, 3.63) is 34.9 Å². The van der Waals surface area contributed by atoms with Gasteiger partial charge in [0.2, 0.25) is 5.91 Å². The lowest BCUT2D eigenvalue weighted by atomic mass is 10.1. The Morgan fingerprint density at radius 2 is 2.00 bits per heavy atom. The number of nitrogens with two attached hydrogens (primary N) is 1. The number of amides is 3. The fourth-order valence-electron chi connectivity index (χ4n) is 0.996. The Labute approximate surface area is 86.0 Å². The van der Waals surface area contributed by atoms with Gasteiger partial charge in [-0.15, -0.1) is 0 Å². The second kappa shape index (κ2) is 4.62. The molecule has 0 aliphatic carbocycles. The third kappa shape index (κ3) is 3.06. The van der Waals surface area contributed by atoms with E-state index in [0.717, 1.165) is 0 Å². The van der Waals surface area contributed by atoms with E-state index in [1.165, 1.54) is 0 Å². The average Bonchev–Trinajstić information content (AvgIpc) is 2.07. The summed E-state index contributed by atoms with van der Waals surface area (Å²) in [4.78, 5) is 21.4. The zero-order valence-corrected chi connectivity index (χ0v) is 8.04. The van der Waals surface area contributed by atoms with E-state index in [0.29, 0.717) is 10.6 Å². The molecule has 0 fully saturated rings. The highest BCUT2D eigenvalue weighted by Gasteiger charge is 2.07. The Kier molecular flexibility index (Phi) is 3.48. The number of urea groups is 1. The third-order valence-electron chi connectivity index (χ3n) is 1.57. The van der Waals surface area contributed by atoms with E-state index < -0.39 is 11.9 Å². The maximum absolute atomic E-state index is 11.1. The summed E-state index contributed by atoms with van der Waals surface area (Å²) in [6.45, 7) is 0. The van der Waals surface area contributed by atoms with Crippen molar-refractivity contribution in [3.63, 3.8) is 0 Å². The largest absolute Gasteiger partial charge is 0.351 e. The zero-order valence-electron chi connectivity index (χ0n) is 7.29. The van der Waals surface area contributed by atoms with Gasteiger partial charge in [-0.1, -0.05) is 29.8 Å². The standard InChI is InChI=1S/C9H9ClN2O2/c10-7-4-2-1-3-6(7)5-8(13)12-9(11)14/h1-4H,5H2,(H3,11,12,13,14). The molecule has 0 aromatic heterocycles. The maximum Gasteiger partial charge on any atom is 0.318 e. The molecule has 14 heavy (non-hydrogen) atoms. The van der Waals surface area contributed by atoms with Crippen molar-refractivity contribution in [1.82, 2.24) is 5.32 Å². The number of hydrogen-bond acceptors (Lipinski definition) is 2. The minimum Gasteiger partial charge on any atom is -0.351 e. The van der Waals surface area contributed by atoms with Crippen LogP contribution >= 0.6 is 11.6 Å². The molecule has 4 nitrogen and oxygen atoms in total. The van der Waals surface area contributed by atoms with E-state index in [4.69, 9.17) is 17.3 Å². The lowest BCUT2D eigenvalue weighted by Crippen LogP contribution is -2.35. The fourth-order valence-corrected chi connectivity index (χ4v) is 1.20. The predicted molar refractivity (Wildman–Crippen MR) is 52.9 cm³/mol. The number of carbonyl (C=O) groups is 2. The van der Waals surface area contributed by atoms with Crippen LogP contribution in [0.5, 0.6) is 0 Å². The molecule has 0 atom stereocenters.